The lowest BCUT2D eigenvalue weighted by Gasteiger charge is -2.28. The van der Waals surface area contributed by atoms with Crippen LogP contribution in [0.5, 0.6) is 5.75 Å². The molecule has 0 amide bonds. The fourth-order valence-corrected chi connectivity index (χ4v) is 2.70. The van der Waals surface area contributed by atoms with Crippen LogP contribution in [0.4, 0.5) is 0 Å². The first-order valence-electron chi connectivity index (χ1n) is 7.26. The van der Waals surface area contributed by atoms with Gasteiger partial charge in [0, 0.05) is 6.54 Å². The average Bonchev–Trinajstić information content (AvgIpc) is 2.39. The number of ether oxygens (including phenoxy) is 1. The second-order valence-corrected chi connectivity index (χ2v) is 5.55. The van der Waals surface area contributed by atoms with Crippen molar-refractivity contribution in [3.8, 4) is 5.75 Å². The Labute approximate surface area is 116 Å². The number of hydrogen-bond donors (Lipinski definition) is 1. The lowest BCUT2D eigenvalue weighted by molar-refractivity contribution is 0.0613. The van der Waals surface area contributed by atoms with Gasteiger partial charge in [-0.25, -0.2) is 0 Å². The first-order valence-corrected chi connectivity index (χ1v) is 7.26. The molecule has 2 rings (SSSR count). The van der Waals surface area contributed by atoms with Crippen LogP contribution in [-0.2, 0) is 0 Å². The van der Waals surface area contributed by atoms with Crippen molar-refractivity contribution in [3.63, 3.8) is 0 Å². The van der Waals surface area contributed by atoms with Crippen molar-refractivity contribution in [1.82, 2.24) is 4.90 Å². The molecule has 3 heteroatoms. The number of β-amino-alcohol motifs (C(OH)–C–C–N with tert-alkyl or cyclic N) is 1. The number of benzene rings is 1. The van der Waals surface area contributed by atoms with Crippen LogP contribution in [0.2, 0.25) is 0 Å². The molecule has 1 fully saturated rings. The minimum atomic E-state index is -0.405. The van der Waals surface area contributed by atoms with Gasteiger partial charge in [0.15, 0.2) is 0 Å². The molecule has 1 aromatic rings. The number of hydrogen-bond acceptors (Lipinski definition) is 3. The summed E-state index contributed by atoms with van der Waals surface area (Å²) in [4.78, 5) is 2.34. The van der Waals surface area contributed by atoms with E-state index in [9.17, 15) is 5.11 Å². The quantitative estimate of drug-likeness (QED) is 0.886. The normalized spacial score (nSPS) is 18.3. The first kappa shape index (κ1) is 14.4. The summed E-state index contributed by atoms with van der Waals surface area (Å²) in [6.07, 6.45) is 3.43. The summed E-state index contributed by atoms with van der Waals surface area (Å²) in [5.74, 6) is 0.917. The Hall–Kier alpha value is -1.06. The van der Waals surface area contributed by atoms with E-state index < -0.39 is 6.10 Å². The van der Waals surface area contributed by atoms with Crippen LogP contribution in [0.1, 0.15) is 30.4 Å². The van der Waals surface area contributed by atoms with Crippen LogP contribution in [0.3, 0.4) is 0 Å². The number of likely N-dealkylation sites (tertiary alicyclic amines) is 1. The molecule has 1 saturated heterocycles. The van der Waals surface area contributed by atoms with Gasteiger partial charge in [0.2, 0.25) is 0 Å². The Morgan fingerprint density at radius 3 is 2.42 bits per heavy atom. The van der Waals surface area contributed by atoms with Gasteiger partial charge in [-0.1, -0.05) is 24.6 Å². The van der Waals surface area contributed by atoms with Gasteiger partial charge >= 0.3 is 0 Å². The maximum Gasteiger partial charge on any atom is 0.125 e. The standard InChI is InChI=1S/C16H25NO2/c1-13-7-6-8-14(2)16(13)19-12-15(18)11-17-9-4-3-5-10-17/h6-8,15,18H,3-5,9-12H2,1-2H3/t15-/m0/s1. The third kappa shape index (κ3) is 4.22. The second kappa shape index (κ2) is 6.92. The van der Waals surface area contributed by atoms with E-state index in [1.807, 2.05) is 32.0 Å². The summed E-state index contributed by atoms with van der Waals surface area (Å²) >= 11 is 0. The van der Waals surface area contributed by atoms with Gasteiger partial charge in [-0.05, 0) is 50.9 Å². The SMILES string of the molecule is Cc1cccc(C)c1OC[C@@H](O)CN1CCCCC1. The van der Waals surface area contributed by atoms with Gasteiger partial charge < -0.3 is 14.7 Å². The van der Waals surface area contributed by atoms with Crippen molar-refractivity contribution in [3.05, 3.63) is 29.3 Å². The van der Waals surface area contributed by atoms with E-state index in [1.54, 1.807) is 0 Å². The number of para-hydroxylation sites is 1. The van der Waals surface area contributed by atoms with Crippen LogP contribution in [0.25, 0.3) is 0 Å². The van der Waals surface area contributed by atoms with Gasteiger partial charge in [-0.15, -0.1) is 0 Å². The number of aryl methyl sites for hydroxylation is 2. The highest BCUT2D eigenvalue weighted by Gasteiger charge is 2.15. The lowest BCUT2D eigenvalue weighted by Crippen LogP contribution is -2.38. The van der Waals surface area contributed by atoms with Crippen LogP contribution in [0.15, 0.2) is 18.2 Å². The van der Waals surface area contributed by atoms with Gasteiger partial charge in [0.1, 0.15) is 18.5 Å². The molecule has 0 aliphatic carbocycles. The van der Waals surface area contributed by atoms with E-state index in [-0.39, 0.29) is 0 Å². The number of rotatable bonds is 5. The van der Waals surface area contributed by atoms with Gasteiger partial charge in [0.05, 0.1) is 0 Å². The van der Waals surface area contributed by atoms with Crippen molar-refractivity contribution < 1.29 is 9.84 Å². The zero-order valence-electron chi connectivity index (χ0n) is 12.1. The highest BCUT2D eigenvalue weighted by Crippen LogP contribution is 2.22. The topological polar surface area (TPSA) is 32.7 Å². The molecule has 0 bridgehead atoms. The predicted molar refractivity (Wildman–Crippen MR) is 77.7 cm³/mol. The third-order valence-electron chi connectivity index (χ3n) is 3.75. The predicted octanol–water partition coefficient (Wildman–Crippen LogP) is 2.53. The van der Waals surface area contributed by atoms with Crippen LogP contribution in [0, 0.1) is 13.8 Å². The van der Waals surface area contributed by atoms with Gasteiger partial charge in [-0.3, -0.25) is 0 Å². The monoisotopic (exact) mass is 263 g/mol. The summed E-state index contributed by atoms with van der Waals surface area (Å²) in [6.45, 7) is 7.41. The molecule has 1 N–H and O–H groups in total. The molecule has 1 aliphatic heterocycles. The summed E-state index contributed by atoms with van der Waals surface area (Å²) in [6, 6.07) is 6.11. The Balaban J connectivity index is 1.81. The lowest BCUT2D eigenvalue weighted by atomic mass is 10.1. The minimum Gasteiger partial charge on any atom is -0.490 e. The van der Waals surface area contributed by atoms with Crippen LogP contribution >= 0.6 is 0 Å². The zero-order valence-corrected chi connectivity index (χ0v) is 12.1. The van der Waals surface area contributed by atoms with E-state index in [0.717, 1.165) is 36.5 Å². The molecule has 1 atom stereocenters. The van der Waals surface area contributed by atoms with E-state index in [4.69, 9.17) is 4.74 Å². The minimum absolute atomic E-state index is 0.377. The van der Waals surface area contributed by atoms with Crippen molar-refractivity contribution in [1.29, 1.82) is 0 Å². The van der Waals surface area contributed by atoms with Crippen molar-refractivity contribution in [2.45, 2.75) is 39.2 Å². The van der Waals surface area contributed by atoms with Crippen molar-refractivity contribution in [2.75, 3.05) is 26.2 Å². The van der Waals surface area contributed by atoms with Gasteiger partial charge in [0.25, 0.3) is 0 Å². The van der Waals surface area contributed by atoms with Crippen molar-refractivity contribution >= 4 is 0 Å². The molecular weight excluding hydrogens is 238 g/mol. The molecule has 0 radical (unpaired) electrons. The average molecular weight is 263 g/mol. The molecule has 0 aromatic heterocycles. The smallest absolute Gasteiger partial charge is 0.125 e. The molecule has 19 heavy (non-hydrogen) atoms. The Morgan fingerprint density at radius 1 is 1.16 bits per heavy atom. The fraction of sp³-hybridized carbons (Fsp3) is 0.625. The largest absolute Gasteiger partial charge is 0.490 e. The van der Waals surface area contributed by atoms with Crippen LogP contribution < -0.4 is 4.74 Å². The third-order valence-corrected chi connectivity index (χ3v) is 3.75. The number of piperidine rings is 1. The molecule has 1 heterocycles. The van der Waals surface area contributed by atoms with E-state index in [0.29, 0.717) is 6.61 Å². The van der Waals surface area contributed by atoms with E-state index in [1.165, 1.54) is 19.3 Å². The summed E-state index contributed by atoms with van der Waals surface area (Å²) in [7, 11) is 0. The highest BCUT2D eigenvalue weighted by atomic mass is 16.5. The Bertz CT molecular complexity index is 379. The first-order chi connectivity index (χ1) is 9.16. The summed E-state index contributed by atoms with van der Waals surface area (Å²) in [5, 5.41) is 10.1. The molecular formula is C16H25NO2. The summed E-state index contributed by atoms with van der Waals surface area (Å²) < 4.78 is 5.79. The van der Waals surface area contributed by atoms with Crippen LogP contribution in [-0.4, -0.2) is 42.4 Å². The van der Waals surface area contributed by atoms with E-state index in [2.05, 4.69) is 4.90 Å². The number of aliphatic hydroxyl groups is 1. The zero-order chi connectivity index (χ0) is 13.7. The van der Waals surface area contributed by atoms with Gasteiger partial charge in [-0.2, -0.15) is 0 Å². The molecule has 1 aliphatic rings. The molecule has 0 unspecified atom stereocenters. The van der Waals surface area contributed by atoms with Crippen molar-refractivity contribution in [2.24, 2.45) is 0 Å². The maximum atomic E-state index is 10.1. The fourth-order valence-electron chi connectivity index (χ4n) is 2.70. The molecule has 3 nitrogen and oxygen atoms in total. The van der Waals surface area contributed by atoms with E-state index >= 15 is 0 Å². The number of nitrogens with zero attached hydrogens (tertiary/aromatic N) is 1. The summed E-state index contributed by atoms with van der Waals surface area (Å²) in [5.41, 5.74) is 2.26. The molecule has 1 aromatic carbocycles. The second-order valence-electron chi connectivity index (χ2n) is 5.55. The maximum absolute atomic E-state index is 10.1. The Morgan fingerprint density at radius 2 is 1.79 bits per heavy atom. The number of aliphatic hydroxyl groups excluding tert-OH is 1. The Kier molecular flexibility index (Phi) is 5.23. The molecule has 106 valence electrons. The molecule has 0 saturated carbocycles. The highest BCUT2D eigenvalue weighted by molar-refractivity contribution is 5.39. The molecule has 0 spiro atoms.